The van der Waals surface area contributed by atoms with E-state index in [1.54, 1.807) is 30.0 Å². The molecule has 2 aromatic heterocycles. The molecular weight excluding hydrogens is 418 g/mol. The first-order valence-corrected chi connectivity index (χ1v) is 11.3. The fourth-order valence-electron chi connectivity index (χ4n) is 3.89. The third-order valence-electron chi connectivity index (χ3n) is 5.56. The maximum absolute atomic E-state index is 11.9. The van der Waals surface area contributed by atoms with Gasteiger partial charge in [-0.05, 0) is 30.5 Å². The highest BCUT2D eigenvalue weighted by Crippen LogP contribution is 2.14. The van der Waals surface area contributed by atoms with Gasteiger partial charge in [0.1, 0.15) is 12.4 Å². The van der Waals surface area contributed by atoms with Crippen molar-refractivity contribution in [2.45, 2.75) is 52.0 Å². The first-order chi connectivity index (χ1) is 16.1. The summed E-state index contributed by atoms with van der Waals surface area (Å²) in [6.07, 6.45) is 3.66. The van der Waals surface area contributed by atoms with E-state index in [9.17, 15) is 4.79 Å². The molecular formula is C24H31N7O2. The van der Waals surface area contributed by atoms with E-state index in [0.29, 0.717) is 19.7 Å². The summed E-state index contributed by atoms with van der Waals surface area (Å²) in [4.78, 5) is 21.2. The summed E-state index contributed by atoms with van der Waals surface area (Å²) in [6.45, 7) is 5.17. The number of hydrogen-bond acceptors (Lipinski definition) is 5. The molecule has 0 aliphatic carbocycles. The van der Waals surface area contributed by atoms with Crippen LogP contribution in [0.4, 0.5) is 0 Å². The number of aliphatic imine (C=N–C) groups is 1. The smallest absolute Gasteiger partial charge is 0.250 e. The van der Waals surface area contributed by atoms with Gasteiger partial charge in [0, 0.05) is 38.4 Å². The fourth-order valence-corrected chi connectivity index (χ4v) is 3.89. The van der Waals surface area contributed by atoms with Crippen LogP contribution in [0.3, 0.4) is 0 Å². The molecule has 0 saturated carbocycles. The van der Waals surface area contributed by atoms with E-state index < -0.39 is 0 Å². The minimum Gasteiger partial charge on any atom is -0.377 e. The molecule has 0 bridgehead atoms. The van der Waals surface area contributed by atoms with Crippen molar-refractivity contribution in [3.8, 4) is 0 Å². The summed E-state index contributed by atoms with van der Waals surface area (Å²) in [5.41, 5.74) is 2.20. The monoisotopic (exact) mass is 449 g/mol. The minimum absolute atomic E-state index is 0.00294. The zero-order chi connectivity index (χ0) is 23.0. The largest absolute Gasteiger partial charge is 0.377 e. The van der Waals surface area contributed by atoms with Crippen LogP contribution in [-0.4, -0.2) is 45.0 Å². The van der Waals surface area contributed by atoms with Gasteiger partial charge in [-0.1, -0.05) is 30.3 Å². The van der Waals surface area contributed by atoms with Crippen molar-refractivity contribution >= 4 is 5.96 Å². The number of fused-ring (bicyclic) bond motifs is 1. The maximum Gasteiger partial charge on any atom is 0.250 e. The van der Waals surface area contributed by atoms with Gasteiger partial charge in [-0.15, -0.1) is 0 Å². The van der Waals surface area contributed by atoms with Gasteiger partial charge in [-0.2, -0.15) is 5.10 Å². The number of nitrogens with zero attached hydrogens (tertiary/aromatic N) is 5. The molecule has 1 unspecified atom stereocenters. The van der Waals surface area contributed by atoms with Crippen LogP contribution in [0.1, 0.15) is 36.1 Å². The molecule has 1 atom stereocenters. The molecule has 0 fully saturated rings. The van der Waals surface area contributed by atoms with Crippen molar-refractivity contribution in [1.29, 1.82) is 0 Å². The van der Waals surface area contributed by atoms with Gasteiger partial charge in [0.2, 0.25) is 0 Å². The molecule has 33 heavy (non-hydrogen) atoms. The lowest BCUT2D eigenvalue weighted by Gasteiger charge is -2.25. The summed E-state index contributed by atoms with van der Waals surface area (Å²) in [5, 5.41) is 11.4. The molecule has 3 heterocycles. The van der Waals surface area contributed by atoms with Crippen LogP contribution in [0.2, 0.25) is 0 Å². The van der Waals surface area contributed by atoms with Gasteiger partial charge in [0.25, 0.3) is 5.56 Å². The van der Waals surface area contributed by atoms with Crippen LogP contribution in [0, 0.1) is 0 Å². The van der Waals surface area contributed by atoms with Crippen molar-refractivity contribution in [2.24, 2.45) is 4.99 Å². The highest BCUT2D eigenvalue weighted by atomic mass is 16.5. The predicted octanol–water partition coefficient (Wildman–Crippen LogP) is 1.70. The molecule has 1 aliphatic heterocycles. The number of benzene rings is 1. The van der Waals surface area contributed by atoms with Crippen LogP contribution < -0.4 is 16.2 Å². The summed E-state index contributed by atoms with van der Waals surface area (Å²) in [6, 6.07) is 13.7. The Balaban J connectivity index is 1.36. The van der Waals surface area contributed by atoms with E-state index in [4.69, 9.17) is 9.73 Å². The van der Waals surface area contributed by atoms with Gasteiger partial charge < -0.3 is 19.9 Å². The summed E-state index contributed by atoms with van der Waals surface area (Å²) in [5.74, 6) is 2.54. The Morgan fingerprint density at radius 3 is 2.79 bits per heavy atom. The van der Waals surface area contributed by atoms with E-state index in [1.165, 1.54) is 0 Å². The zero-order valence-electron chi connectivity index (χ0n) is 19.2. The van der Waals surface area contributed by atoms with Crippen LogP contribution >= 0.6 is 0 Å². The highest BCUT2D eigenvalue weighted by Gasteiger charge is 2.22. The van der Waals surface area contributed by atoms with E-state index in [1.807, 2.05) is 10.7 Å². The molecule has 0 radical (unpaired) electrons. The number of ether oxygens (including phenoxy) is 1. The fraction of sp³-hybridized carbons (Fsp3) is 0.417. The third kappa shape index (κ3) is 6.07. The lowest BCUT2D eigenvalue weighted by Crippen LogP contribution is -2.47. The van der Waals surface area contributed by atoms with Gasteiger partial charge in [-0.25, -0.2) is 14.7 Å². The molecule has 0 saturated heterocycles. The standard InChI is InChI=1S/C24H31N7O2/c1-3-25-24(27-20-11-12-22-28-21(17-33-2)29-31(22)16-20)26-14-18-7-9-19(10-8-18)15-30-13-5-4-6-23(30)32/h4-10,13,20H,3,11-12,14-17H2,1-2H3,(H2,25,26,27). The first kappa shape index (κ1) is 22.7. The number of aromatic nitrogens is 4. The third-order valence-corrected chi connectivity index (χ3v) is 5.56. The molecule has 0 spiro atoms. The van der Waals surface area contributed by atoms with E-state index in [-0.39, 0.29) is 11.6 Å². The molecule has 2 N–H and O–H groups in total. The highest BCUT2D eigenvalue weighted by molar-refractivity contribution is 5.80. The second-order valence-corrected chi connectivity index (χ2v) is 8.12. The topological polar surface area (TPSA) is 98.4 Å². The molecule has 9 nitrogen and oxygen atoms in total. The van der Waals surface area contributed by atoms with Crippen molar-refractivity contribution < 1.29 is 4.74 Å². The number of pyridine rings is 1. The van der Waals surface area contributed by atoms with Gasteiger partial charge in [0.05, 0.1) is 19.6 Å². The average Bonchev–Trinajstić information content (AvgIpc) is 3.22. The SMILES string of the molecule is CCNC(=NCc1ccc(Cn2ccccc2=O)cc1)NC1CCc2nc(COC)nn2C1. The summed E-state index contributed by atoms with van der Waals surface area (Å²) < 4.78 is 8.81. The Bertz CT molecular complexity index is 1130. The number of guanidine groups is 1. The number of rotatable bonds is 8. The van der Waals surface area contributed by atoms with E-state index >= 15 is 0 Å². The van der Waals surface area contributed by atoms with Crippen LogP contribution in [-0.2, 0) is 37.4 Å². The minimum atomic E-state index is 0.00294. The average molecular weight is 450 g/mol. The quantitative estimate of drug-likeness (QED) is 0.401. The Hall–Kier alpha value is -3.46. The van der Waals surface area contributed by atoms with Crippen LogP contribution in [0.25, 0.3) is 0 Å². The number of nitrogens with one attached hydrogen (secondary N) is 2. The van der Waals surface area contributed by atoms with Gasteiger partial charge in [0.15, 0.2) is 11.8 Å². The Labute approximate surface area is 193 Å². The zero-order valence-corrected chi connectivity index (χ0v) is 19.2. The van der Waals surface area contributed by atoms with Crippen molar-refractivity contribution in [3.05, 3.63) is 81.8 Å². The Morgan fingerprint density at radius 1 is 1.21 bits per heavy atom. The van der Waals surface area contributed by atoms with E-state index in [0.717, 1.165) is 54.7 Å². The molecule has 9 heteroatoms. The van der Waals surface area contributed by atoms with Gasteiger partial charge >= 0.3 is 0 Å². The Kier molecular flexibility index (Phi) is 7.51. The lowest BCUT2D eigenvalue weighted by atomic mass is 10.1. The predicted molar refractivity (Wildman–Crippen MR) is 127 cm³/mol. The molecule has 0 amide bonds. The van der Waals surface area contributed by atoms with Crippen LogP contribution in [0.5, 0.6) is 0 Å². The molecule has 3 aromatic rings. The van der Waals surface area contributed by atoms with Crippen molar-refractivity contribution in [3.63, 3.8) is 0 Å². The molecule has 174 valence electrons. The molecule has 1 aromatic carbocycles. The Morgan fingerprint density at radius 2 is 2.03 bits per heavy atom. The molecule has 1 aliphatic rings. The second kappa shape index (κ2) is 10.9. The number of aryl methyl sites for hydroxylation is 1. The summed E-state index contributed by atoms with van der Waals surface area (Å²) in [7, 11) is 1.65. The van der Waals surface area contributed by atoms with E-state index in [2.05, 4.69) is 51.9 Å². The lowest BCUT2D eigenvalue weighted by molar-refractivity contribution is 0.177. The van der Waals surface area contributed by atoms with Crippen molar-refractivity contribution in [2.75, 3.05) is 13.7 Å². The van der Waals surface area contributed by atoms with Gasteiger partial charge in [-0.3, -0.25) is 4.79 Å². The second-order valence-electron chi connectivity index (χ2n) is 8.12. The summed E-state index contributed by atoms with van der Waals surface area (Å²) >= 11 is 0. The van der Waals surface area contributed by atoms with Crippen molar-refractivity contribution in [1.82, 2.24) is 30.0 Å². The maximum atomic E-state index is 11.9. The normalized spacial score (nSPS) is 15.8. The van der Waals surface area contributed by atoms with Crippen LogP contribution in [0.15, 0.2) is 58.4 Å². The number of methoxy groups -OCH3 is 1. The molecule has 4 rings (SSSR count). The first-order valence-electron chi connectivity index (χ1n) is 11.3. The number of hydrogen-bond donors (Lipinski definition) is 2.